The van der Waals surface area contributed by atoms with Gasteiger partial charge in [-0.15, -0.1) is 0 Å². The van der Waals surface area contributed by atoms with Gasteiger partial charge in [0, 0.05) is 12.7 Å². The summed E-state index contributed by atoms with van der Waals surface area (Å²) >= 11 is 6.32. The third kappa shape index (κ3) is 4.82. The fourth-order valence-corrected chi connectivity index (χ4v) is 3.39. The van der Waals surface area contributed by atoms with E-state index in [4.69, 9.17) is 16.8 Å². The van der Waals surface area contributed by atoms with E-state index >= 15 is 0 Å². The van der Waals surface area contributed by atoms with E-state index in [1.807, 2.05) is 18.2 Å². The van der Waals surface area contributed by atoms with Crippen molar-refractivity contribution in [2.75, 3.05) is 18.4 Å². The second-order valence-electron chi connectivity index (χ2n) is 6.53. The fraction of sp³-hybridized carbons (Fsp3) is 0.263. The molecule has 1 aliphatic heterocycles. The number of aromatic nitrogens is 1. The number of nitrogens with one attached hydrogen (secondary N) is 3. The quantitative estimate of drug-likeness (QED) is 0.346. The molecule has 0 bridgehead atoms. The van der Waals surface area contributed by atoms with Crippen LogP contribution in [0, 0.1) is 0 Å². The van der Waals surface area contributed by atoms with Crippen molar-refractivity contribution in [1.29, 1.82) is 0 Å². The van der Waals surface area contributed by atoms with Crippen LogP contribution in [0.4, 0.5) is 10.2 Å². The van der Waals surface area contributed by atoms with Gasteiger partial charge in [-0.1, -0.05) is 41.9 Å². The second kappa shape index (κ2) is 8.47. The maximum atomic E-state index is 13.5. The molecule has 0 spiro atoms. The third-order valence-corrected chi connectivity index (χ3v) is 4.77. The molecule has 1 aliphatic rings. The van der Waals surface area contributed by atoms with Crippen LogP contribution in [0.1, 0.15) is 17.5 Å². The molecule has 1 aromatic carbocycles. The maximum Gasteiger partial charge on any atom is 0.303 e. The molecule has 0 saturated carbocycles. The summed E-state index contributed by atoms with van der Waals surface area (Å²) in [5.74, 6) is -1.87. The van der Waals surface area contributed by atoms with Crippen molar-refractivity contribution in [2.45, 2.75) is 18.4 Å². The maximum absolute atomic E-state index is 13.5. The van der Waals surface area contributed by atoms with Crippen molar-refractivity contribution in [3.63, 3.8) is 0 Å². The Hall–Kier alpha value is -2.48. The molecule has 0 unspecified atom stereocenters. The molecule has 1 fully saturated rings. The Morgan fingerprint density at radius 1 is 1.41 bits per heavy atom. The van der Waals surface area contributed by atoms with E-state index < -0.39 is 11.7 Å². The van der Waals surface area contributed by atoms with Crippen molar-refractivity contribution in [3.05, 3.63) is 64.6 Å². The van der Waals surface area contributed by atoms with Gasteiger partial charge in [-0.05, 0) is 42.7 Å². The summed E-state index contributed by atoms with van der Waals surface area (Å²) in [6.07, 6.45) is 4.08. The number of rotatable bonds is 6. The number of benzene rings is 1. The van der Waals surface area contributed by atoms with Gasteiger partial charge in [0.15, 0.2) is 5.83 Å². The van der Waals surface area contributed by atoms with Crippen LogP contribution in [0.5, 0.6) is 0 Å². The number of hydroxylamine groups is 1. The van der Waals surface area contributed by atoms with Crippen molar-refractivity contribution in [1.82, 2.24) is 15.8 Å². The molecule has 2 heterocycles. The second-order valence-corrected chi connectivity index (χ2v) is 6.93. The topological polar surface area (TPSA) is 86.3 Å². The van der Waals surface area contributed by atoms with Gasteiger partial charge >= 0.3 is 5.91 Å². The Morgan fingerprint density at radius 3 is 2.81 bits per heavy atom. The molecule has 1 atom stereocenters. The first-order chi connectivity index (χ1) is 13.0. The van der Waals surface area contributed by atoms with Gasteiger partial charge in [0.05, 0.1) is 10.6 Å². The standard InChI is InChI=1S/C19H20ClFN4O2/c20-15-8-14(9-16(21)18(26)25-27)11-23-17(15)24-19(6-7-22-12-19)10-13-4-2-1-3-5-13/h1-5,8-9,11,22,27H,6-7,10,12H2,(H,23,24)(H,25,26)/b16-9-/t19-/m0/s1. The van der Waals surface area contributed by atoms with Crippen LogP contribution in [-0.2, 0) is 11.2 Å². The predicted molar refractivity (Wildman–Crippen MR) is 102 cm³/mol. The Balaban J connectivity index is 1.80. The monoisotopic (exact) mass is 390 g/mol. The zero-order valence-corrected chi connectivity index (χ0v) is 15.3. The van der Waals surface area contributed by atoms with E-state index in [0.717, 1.165) is 32.0 Å². The van der Waals surface area contributed by atoms with E-state index in [-0.39, 0.29) is 5.54 Å². The summed E-state index contributed by atoms with van der Waals surface area (Å²) in [6, 6.07) is 11.7. The lowest BCUT2D eigenvalue weighted by molar-refractivity contribution is -0.126. The lowest BCUT2D eigenvalue weighted by Gasteiger charge is -2.31. The number of hydrogen-bond acceptors (Lipinski definition) is 5. The first-order valence-corrected chi connectivity index (χ1v) is 8.89. The minimum atomic E-state index is -1.23. The molecular formula is C19H20ClFN4O2. The number of hydrogen-bond donors (Lipinski definition) is 4. The Morgan fingerprint density at radius 2 is 2.19 bits per heavy atom. The van der Waals surface area contributed by atoms with Gasteiger partial charge in [-0.3, -0.25) is 10.0 Å². The summed E-state index contributed by atoms with van der Waals surface area (Å²) in [5, 5.41) is 15.6. The molecule has 1 amide bonds. The SMILES string of the molecule is O=C(NO)/C(F)=C/c1cnc(N[C@]2(Cc3ccccc3)CCNC2)c(Cl)c1. The van der Waals surface area contributed by atoms with E-state index in [1.165, 1.54) is 23.3 Å². The van der Waals surface area contributed by atoms with Gasteiger partial charge in [0.25, 0.3) is 0 Å². The molecule has 1 saturated heterocycles. The van der Waals surface area contributed by atoms with Crippen LogP contribution in [0.25, 0.3) is 6.08 Å². The van der Waals surface area contributed by atoms with Crippen LogP contribution in [-0.4, -0.2) is 34.7 Å². The molecular weight excluding hydrogens is 371 g/mol. The van der Waals surface area contributed by atoms with Crippen LogP contribution in [0.3, 0.4) is 0 Å². The Bertz CT molecular complexity index is 839. The normalized spacial score (nSPS) is 19.7. The molecule has 142 valence electrons. The van der Waals surface area contributed by atoms with Crippen LogP contribution in [0.2, 0.25) is 5.02 Å². The minimum absolute atomic E-state index is 0.225. The molecule has 8 heteroatoms. The lowest BCUT2D eigenvalue weighted by atomic mass is 9.90. The summed E-state index contributed by atoms with van der Waals surface area (Å²) in [4.78, 5) is 15.3. The minimum Gasteiger partial charge on any atom is -0.362 e. The number of nitrogens with zero attached hydrogens (tertiary/aromatic N) is 1. The zero-order chi connectivity index (χ0) is 19.3. The summed E-state index contributed by atoms with van der Waals surface area (Å²) in [7, 11) is 0. The Labute approximate surface area is 161 Å². The number of halogens is 2. The van der Waals surface area contributed by atoms with Gasteiger partial charge < -0.3 is 10.6 Å². The molecule has 4 N–H and O–H groups in total. The van der Waals surface area contributed by atoms with Crippen LogP contribution in [0.15, 0.2) is 48.4 Å². The fourth-order valence-electron chi connectivity index (χ4n) is 3.17. The highest BCUT2D eigenvalue weighted by molar-refractivity contribution is 6.33. The van der Waals surface area contributed by atoms with Crippen molar-refractivity contribution in [3.8, 4) is 0 Å². The molecule has 0 aliphatic carbocycles. The summed E-state index contributed by atoms with van der Waals surface area (Å²) < 4.78 is 13.5. The van der Waals surface area contributed by atoms with Gasteiger partial charge in [-0.25, -0.2) is 14.9 Å². The molecule has 1 aromatic heterocycles. The average Bonchev–Trinajstić information content (AvgIpc) is 3.12. The van der Waals surface area contributed by atoms with Gasteiger partial charge in [0.1, 0.15) is 5.82 Å². The van der Waals surface area contributed by atoms with Gasteiger partial charge in [0.2, 0.25) is 0 Å². The first-order valence-electron chi connectivity index (χ1n) is 8.51. The number of anilines is 1. The summed E-state index contributed by atoms with van der Waals surface area (Å²) in [6.45, 7) is 1.66. The molecule has 27 heavy (non-hydrogen) atoms. The molecule has 2 aromatic rings. The molecule has 0 radical (unpaired) electrons. The number of carbonyl (C=O) groups is 1. The van der Waals surface area contributed by atoms with E-state index in [2.05, 4.69) is 27.8 Å². The lowest BCUT2D eigenvalue weighted by Crippen LogP contribution is -2.43. The van der Waals surface area contributed by atoms with Crippen molar-refractivity contribution in [2.24, 2.45) is 0 Å². The first kappa shape index (κ1) is 19.3. The van der Waals surface area contributed by atoms with Crippen molar-refractivity contribution < 1.29 is 14.4 Å². The largest absolute Gasteiger partial charge is 0.362 e. The Kier molecular flexibility index (Phi) is 6.05. The third-order valence-electron chi connectivity index (χ3n) is 4.49. The number of carbonyl (C=O) groups excluding carboxylic acids is 1. The van der Waals surface area contributed by atoms with E-state index in [9.17, 15) is 9.18 Å². The van der Waals surface area contributed by atoms with E-state index in [0.29, 0.717) is 16.4 Å². The zero-order valence-electron chi connectivity index (χ0n) is 14.5. The molecule has 3 rings (SSSR count). The highest BCUT2D eigenvalue weighted by atomic mass is 35.5. The number of pyridine rings is 1. The highest BCUT2D eigenvalue weighted by Crippen LogP contribution is 2.29. The highest BCUT2D eigenvalue weighted by Gasteiger charge is 2.34. The van der Waals surface area contributed by atoms with Crippen LogP contribution < -0.4 is 16.1 Å². The van der Waals surface area contributed by atoms with Crippen molar-refractivity contribution >= 4 is 29.4 Å². The average molecular weight is 391 g/mol. The van der Waals surface area contributed by atoms with Gasteiger partial charge in [-0.2, -0.15) is 0 Å². The molecule has 6 nitrogen and oxygen atoms in total. The number of amides is 1. The van der Waals surface area contributed by atoms with E-state index in [1.54, 1.807) is 0 Å². The van der Waals surface area contributed by atoms with Crippen LogP contribution >= 0.6 is 11.6 Å². The predicted octanol–water partition coefficient (Wildman–Crippen LogP) is 2.94. The summed E-state index contributed by atoms with van der Waals surface area (Å²) in [5.41, 5.74) is 2.53. The smallest absolute Gasteiger partial charge is 0.303 e.